The summed E-state index contributed by atoms with van der Waals surface area (Å²) in [4.78, 5) is 6.36. The van der Waals surface area contributed by atoms with Gasteiger partial charge in [-0.2, -0.15) is 0 Å². The molecular weight excluding hydrogens is 174 g/mol. The molecule has 0 saturated heterocycles. The first-order valence-corrected chi connectivity index (χ1v) is 5.51. The Bertz CT molecular complexity index is 175. The average molecular weight is 199 g/mol. The van der Waals surface area contributed by atoms with E-state index in [1.165, 1.54) is 0 Å². The summed E-state index contributed by atoms with van der Waals surface area (Å²) < 4.78 is 0. The van der Waals surface area contributed by atoms with Crippen LogP contribution < -0.4 is 5.73 Å². The lowest BCUT2D eigenvalue weighted by atomic mass is 10.0. The van der Waals surface area contributed by atoms with Gasteiger partial charge in [0.05, 0.1) is 0 Å². The lowest BCUT2D eigenvalue weighted by Gasteiger charge is -2.27. The highest BCUT2D eigenvalue weighted by Crippen LogP contribution is 2.08. The highest BCUT2D eigenvalue weighted by molar-refractivity contribution is 5.78. The zero-order valence-electron chi connectivity index (χ0n) is 10.2. The Morgan fingerprint density at radius 2 is 1.93 bits per heavy atom. The summed E-state index contributed by atoms with van der Waals surface area (Å²) in [5.74, 6) is 1.37. The average Bonchev–Trinajstić information content (AvgIpc) is 2.11. The molecule has 0 saturated carbocycles. The molecule has 0 heterocycles. The number of guanidine groups is 1. The van der Waals surface area contributed by atoms with Gasteiger partial charge in [0.2, 0.25) is 0 Å². The number of hydrogen-bond donors (Lipinski definition) is 1. The molecule has 0 aliphatic rings. The lowest BCUT2D eigenvalue weighted by Crippen LogP contribution is -2.41. The second-order valence-corrected chi connectivity index (χ2v) is 4.33. The van der Waals surface area contributed by atoms with Gasteiger partial charge in [0.1, 0.15) is 0 Å². The molecule has 0 radical (unpaired) electrons. The van der Waals surface area contributed by atoms with Crippen LogP contribution >= 0.6 is 0 Å². The summed E-state index contributed by atoms with van der Waals surface area (Å²) in [6, 6.07) is 0.468. The summed E-state index contributed by atoms with van der Waals surface area (Å²) in [6.45, 7) is 9.57. The Hall–Kier alpha value is -0.730. The molecule has 0 spiro atoms. The second kappa shape index (κ2) is 6.68. The van der Waals surface area contributed by atoms with E-state index in [0.29, 0.717) is 17.9 Å². The molecule has 0 bridgehead atoms. The number of hydrogen-bond acceptors (Lipinski definition) is 1. The van der Waals surface area contributed by atoms with Crippen LogP contribution in [0.4, 0.5) is 0 Å². The van der Waals surface area contributed by atoms with E-state index in [4.69, 9.17) is 5.73 Å². The highest BCUT2D eigenvalue weighted by atomic mass is 15.2. The first kappa shape index (κ1) is 13.3. The quantitative estimate of drug-likeness (QED) is 0.544. The minimum Gasteiger partial charge on any atom is -0.370 e. The lowest BCUT2D eigenvalue weighted by molar-refractivity contribution is 0.329. The maximum Gasteiger partial charge on any atom is 0.191 e. The number of nitrogens with zero attached hydrogens (tertiary/aromatic N) is 2. The fourth-order valence-electron chi connectivity index (χ4n) is 1.40. The molecule has 1 atom stereocenters. The van der Waals surface area contributed by atoms with E-state index in [9.17, 15) is 0 Å². The third-order valence-corrected chi connectivity index (χ3v) is 2.33. The minimum atomic E-state index is 0.468. The van der Waals surface area contributed by atoms with Crippen molar-refractivity contribution >= 4 is 5.96 Å². The van der Waals surface area contributed by atoms with Crippen molar-refractivity contribution in [3.63, 3.8) is 0 Å². The van der Waals surface area contributed by atoms with Gasteiger partial charge in [0.25, 0.3) is 0 Å². The fraction of sp³-hybridized carbons (Fsp3) is 0.909. The van der Waals surface area contributed by atoms with Crippen molar-refractivity contribution in [2.24, 2.45) is 16.6 Å². The molecule has 2 N–H and O–H groups in total. The normalized spacial score (nSPS) is 14.6. The molecule has 3 heteroatoms. The van der Waals surface area contributed by atoms with Gasteiger partial charge in [-0.25, -0.2) is 0 Å². The Labute approximate surface area is 88.4 Å². The SMILES string of the molecule is CCCN=C(N)N(C)C(C)CC(C)C. The van der Waals surface area contributed by atoms with Gasteiger partial charge in [-0.3, -0.25) is 4.99 Å². The van der Waals surface area contributed by atoms with Crippen molar-refractivity contribution in [1.82, 2.24) is 4.90 Å². The van der Waals surface area contributed by atoms with Crippen LogP contribution in [0.3, 0.4) is 0 Å². The Morgan fingerprint density at radius 3 is 2.36 bits per heavy atom. The molecule has 1 unspecified atom stereocenters. The number of rotatable bonds is 5. The van der Waals surface area contributed by atoms with Crippen LogP contribution in [0.15, 0.2) is 4.99 Å². The summed E-state index contributed by atoms with van der Waals surface area (Å²) >= 11 is 0. The first-order chi connectivity index (χ1) is 6.49. The third-order valence-electron chi connectivity index (χ3n) is 2.33. The fourth-order valence-corrected chi connectivity index (χ4v) is 1.40. The highest BCUT2D eigenvalue weighted by Gasteiger charge is 2.12. The number of aliphatic imine (C=N–C) groups is 1. The van der Waals surface area contributed by atoms with E-state index >= 15 is 0 Å². The molecule has 3 nitrogen and oxygen atoms in total. The molecule has 0 aliphatic carbocycles. The summed E-state index contributed by atoms with van der Waals surface area (Å²) in [7, 11) is 2.02. The zero-order chi connectivity index (χ0) is 11.1. The van der Waals surface area contributed by atoms with Crippen LogP contribution in [0.25, 0.3) is 0 Å². The maximum absolute atomic E-state index is 5.86. The van der Waals surface area contributed by atoms with Crippen LogP contribution in [-0.2, 0) is 0 Å². The van der Waals surface area contributed by atoms with Crippen molar-refractivity contribution in [2.75, 3.05) is 13.6 Å². The van der Waals surface area contributed by atoms with E-state index in [1.54, 1.807) is 0 Å². The molecule has 0 aromatic rings. The maximum atomic E-state index is 5.86. The summed E-state index contributed by atoms with van der Waals surface area (Å²) in [5.41, 5.74) is 5.86. The van der Waals surface area contributed by atoms with E-state index in [-0.39, 0.29) is 0 Å². The number of nitrogens with two attached hydrogens (primary N) is 1. The predicted octanol–water partition coefficient (Wildman–Crippen LogP) is 2.08. The summed E-state index contributed by atoms with van der Waals surface area (Å²) in [5, 5.41) is 0. The van der Waals surface area contributed by atoms with Gasteiger partial charge < -0.3 is 10.6 Å². The first-order valence-electron chi connectivity index (χ1n) is 5.51. The van der Waals surface area contributed by atoms with Crippen LogP contribution in [0, 0.1) is 5.92 Å². The van der Waals surface area contributed by atoms with E-state index in [0.717, 1.165) is 19.4 Å². The Morgan fingerprint density at radius 1 is 1.36 bits per heavy atom. The molecule has 0 aliphatic heterocycles. The summed E-state index contributed by atoms with van der Waals surface area (Å²) in [6.07, 6.45) is 2.20. The topological polar surface area (TPSA) is 41.6 Å². The van der Waals surface area contributed by atoms with Crippen molar-refractivity contribution in [2.45, 2.75) is 46.6 Å². The standard InChI is InChI=1S/C11H25N3/c1-6-7-13-11(12)14(5)10(4)8-9(2)3/h9-10H,6-8H2,1-5H3,(H2,12,13). The van der Waals surface area contributed by atoms with Gasteiger partial charge in [0, 0.05) is 19.6 Å². The van der Waals surface area contributed by atoms with Crippen molar-refractivity contribution in [3.8, 4) is 0 Å². The smallest absolute Gasteiger partial charge is 0.191 e. The van der Waals surface area contributed by atoms with Gasteiger partial charge in [-0.15, -0.1) is 0 Å². The van der Waals surface area contributed by atoms with Gasteiger partial charge in [-0.1, -0.05) is 20.8 Å². The van der Waals surface area contributed by atoms with Crippen LogP contribution in [0.2, 0.25) is 0 Å². The second-order valence-electron chi connectivity index (χ2n) is 4.33. The molecular formula is C11H25N3. The molecule has 0 aromatic carbocycles. The van der Waals surface area contributed by atoms with E-state index in [1.807, 2.05) is 7.05 Å². The molecule has 0 aromatic heterocycles. The molecule has 0 rings (SSSR count). The van der Waals surface area contributed by atoms with Crippen molar-refractivity contribution < 1.29 is 0 Å². The van der Waals surface area contributed by atoms with E-state index in [2.05, 4.69) is 37.6 Å². The van der Waals surface area contributed by atoms with Crippen LogP contribution in [-0.4, -0.2) is 30.5 Å². The largest absolute Gasteiger partial charge is 0.370 e. The minimum absolute atomic E-state index is 0.468. The molecule has 14 heavy (non-hydrogen) atoms. The van der Waals surface area contributed by atoms with Crippen molar-refractivity contribution in [3.05, 3.63) is 0 Å². The van der Waals surface area contributed by atoms with E-state index < -0.39 is 0 Å². The van der Waals surface area contributed by atoms with Crippen LogP contribution in [0.5, 0.6) is 0 Å². The van der Waals surface area contributed by atoms with Gasteiger partial charge in [0.15, 0.2) is 5.96 Å². The third kappa shape index (κ3) is 5.10. The Kier molecular flexibility index (Phi) is 6.34. The van der Waals surface area contributed by atoms with Crippen LogP contribution in [0.1, 0.15) is 40.5 Å². The van der Waals surface area contributed by atoms with Gasteiger partial charge >= 0.3 is 0 Å². The molecule has 84 valence electrons. The Balaban J connectivity index is 4.09. The predicted molar refractivity (Wildman–Crippen MR) is 63.5 cm³/mol. The molecule has 0 amide bonds. The monoisotopic (exact) mass is 199 g/mol. The molecule has 0 fully saturated rings. The van der Waals surface area contributed by atoms with Crippen molar-refractivity contribution in [1.29, 1.82) is 0 Å². The zero-order valence-corrected chi connectivity index (χ0v) is 10.2. The van der Waals surface area contributed by atoms with Gasteiger partial charge in [-0.05, 0) is 25.7 Å².